The molecule has 0 fully saturated rings. The predicted octanol–water partition coefficient (Wildman–Crippen LogP) is 2.78. The number of benzene rings is 1. The third kappa shape index (κ3) is 5.29. The van der Waals surface area contributed by atoms with Crippen molar-refractivity contribution in [3.8, 4) is 0 Å². The smallest absolute Gasteiger partial charge is 0.306 e. The molecule has 0 aliphatic carbocycles. The van der Waals surface area contributed by atoms with E-state index in [0.717, 1.165) is 24.7 Å². The van der Waals surface area contributed by atoms with E-state index in [1.807, 2.05) is 12.1 Å². The summed E-state index contributed by atoms with van der Waals surface area (Å²) in [6.45, 7) is 2.57. The van der Waals surface area contributed by atoms with Crippen LogP contribution in [-0.2, 0) is 16.0 Å². The summed E-state index contributed by atoms with van der Waals surface area (Å²) in [4.78, 5) is 21.8. The molecule has 0 amide bonds. The number of aryl methyl sites for hydroxylation is 1. The van der Waals surface area contributed by atoms with Gasteiger partial charge in [-0.2, -0.15) is 0 Å². The van der Waals surface area contributed by atoms with Crippen LogP contribution in [0.15, 0.2) is 24.3 Å². The van der Waals surface area contributed by atoms with Crippen LogP contribution in [0.3, 0.4) is 0 Å². The topological polar surface area (TPSA) is 43.4 Å². The van der Waals surface area contributed by atoms with Crippen LogP contribution in [0.5, 0.6) is 0 Å². The molecule has 0 spiro atoms. The summed E-state index contributed by atoms with van der Waals surface area (Å²) < 4.78 is 5.05. The first-order valence-electron chi connectivity index (χ1n) is 5.96. The molecule has 0 radical (unpaired) electrons. The van der Waals surface area contributed by atoms with Gasteiger partial charge in [0.15, 0.2) is 0 Å². The molecule has 0 saturated carbocycles. The average Bonchev–Trinajstić information content (AvgIpc) is 2.37. The van der Waals surface area contributed by atoms with E-state index in [0.29, 0.717) is 25.0 Å². The Morgan fingerprint density at radius 2 is 2.00 bits per heavy atom. The Morgan fingerprint density at radius 1 is 1.29 bits per heavy atom. The van der Waals surface area contributed by atoms with Crippen LogP contribution in [0.25, 0.3) is 0 Å². The Bertz CT molecular complexity index is 354. The number of hydrogen-bond donors (Lipinski definition) is 0. The first-order chi connectivity index (χ1) is 8.26. The van der Waals surface area contributed by atoms with Crippen molar-refractivity contribution in [1.29, 1.82) is 0 Å². The van der Waals surface area contributed by atoms with Crippen molar-refractivity contribution in [3.63, 3.8) is 0 Å². The highest BCUT2D eigenvalue weighted by atomic mass is 16.5. The van der Waals surface area contributed by atoms with E-state index in [1.54, 1.807) is 12.1 Å². The third-order valence-electron chi connectivity index (χ3n) is 2.49. The van der Waals surface area contributed by atoms with Crippen molar-refractivity contribution < 1.29 is 14.3 Å². The monoisotopic (exact) mass is 234 g/mol. The van der Waals surface area contributed by atoms with Crippen molar-refractivity contribution in [3.05, 3.63) is 35.4 Å². The number of hydrogen-bond acceptors (Lipinski definition) is 3. The molecule has 0 N–H and O–H groups in total. The molecule has 3 nitrogen and oxygen atoms in total. The fourth-order valence-corrected chi connectivity index (χ4v) is 1.41. The number of unbranched alkanes of at least 4 members (excludes halogenated alkanes) is 1. The highest BCUT2D eigenvalue weighted by Crippen LogP contribution is 2.06. The molecule has 1 rings (SSSR count). The Morgan fingerprint density at radius 3 is 2.59 bits per heavy atom. The van der Waals surface area contributed by atoms with Crippen LogP contribution < -0.4 is 0 Å². The number of carbonyl (C=O) groups excluding carboxylic acids is 2. The lowest BCUT2D eigenvalue weighted by Gasteiger charge is -2.04. The van der Waals surface area contributed by atoms with E-state index in [1.165, 1.54) is 0 Å². The lowest BCUT2D eigenvalue weighted by atomic mass is 10.1. The van der Waals surface area contributed by atoms with Crippen molar-refractivity contribution in [2.45, 2.75) is 32.6 Å². The highest BCUT2D eigenvalue weighted by Gasteiger charge is 2.03. The van der Waals surface area contributed by atoms with Crippen LogP contribution in [0.4, 0.5) is 0 Å². The van der Waals surface area contributed by atoms with Crippen molar-refractivity contribution >= 4 is 12.3 Å². The largest absolute Gasteiger partial charge is 0.466 e. The summed E-state index contributed by atoms with van der Waals surface area (Å²) in [5, 5.41) is 0. The molecular weight excluding hydrogens is 216 g/mol. The second-order valence-corrected chi connectivity index (χ2v) is 3.93. The van der Waals surface area contributed by atoms with Gasteiger partial charge < -0.3 is 4.74 Å². The molecule has 0 heterocycles. The molecule has 0 saturated heterocycles. The van der Waals surface area contributed by atoms with Crippen molar-refractivity contribution in [2.24, 2.45) is 0 Å². The van der Waals surface area contributed by atoms with E-state index >= 15 is 0 Å². The van der Waals surface area contributed by atoms with Crippen LogP contribution in [0, 0.1) is 0 Å². The fraction of sp³-hybridized carbons (Fsp3) is 0.429. The van der Waals surface area contributed by atoms with Crippen molar-refractivity contribution in [1.82, 2.24) is 0 Å². The molecule has 17 heavy (non-hydrogen) atoms. The molecule has 0 aliphatic rings. The lowest BCUT2D eigenvalue weighted by Crippen LogP contribution is -2.06. The molecule has 0 bridgehead atoms. The van der Waals surface area contributed by atoms with Gasteiger partial charge in [0.25, 0.3) is 0 Å². The summed E-state index contributed by atoms with van der Waals surface area (Å²) in [5.74, 6) is -0.155. The quantitative estimate of drug-likeness (QED) is 0.414. The summed E-state index contributed by atoms with van der Waals surface area (Å²) in [5.41, 5.74) is 1.70. The minimum absolute atomic E-state index is 0.155. The van der Waals surface area contributed by atoms with Gasteiger partial charge in [0.1, 0.15) is 6.29 Å². The minimum Gasteiger partial charge on any atom is -0.466 e. The minimum atomic E-state index is -0.155. The molecule has 3 heteroatoms. The Labute approximate surface area is 102 Å². The first kappa shape index (κ1) is 13.4. The zero-order valence-corrected chi connectivity index (χ0v) is 10.1. The molecule has 0 atom stereocenters. The molecular formula is C14H18O3. The summed E-state index contributed by atoms with van der Waals surface area (Å²) in [6.07, 6.45) is 3.80. The van der Waals surface area contributed by atoms with Crippen molar-refractivity contribution in [2.75, 3.05) is 6.61 Å². The van der Waals surface area contributed by atoms with E-state index in [4.69, 9.17) is 4.74 Å². The van der Waals surface area contributed by atoms with Gasteiger partial charge in [-0.05, 0) is 18.4 Å². The van der Waals surface area contributed by atoms with Gasteiger partial charge in [-0.15, -0.1) is 0 Å². The van der Waals surface area contributed by atoms with Gasteiger partial charge in [-0.25, -0.2) is 0 Å². The second-order valence-electron chi connectivity index (χ2n) is 3.93. The summed E-state index contributed by atoms with van der Waals surface area (Å²) in [7, 11) is 0. The fourth-order valence-electron chi connectivity index (χ4n) is 1.41. The highest BCUT2D eigenvalue weighted by molar-refractivity contribution is 5.74. The maximum atomic E-state index is 11.3. The molecule has 0 aromatic heterocycles. The van der Waals surface area contributed by atoms with Gasteiger partial charge >= 0.3 is 5.97 Å². The Kier molecular flexibility index (Phi) is 6.00. The summed E-state index contributed by atoms with van der Waals surface area (Å²) >= 11 is 0. The van der Waals surface area contributed by atoms with Crippen LogP contribution in [-0.4, -0.2) is 18.9 Å². The van der Waals surface area contributed by atoms with Crippen LogP contribution in [0.2, 0.25) is 0 Å². The number of ether oxygens (including phenoxy) is 1. The maximum Gasteiger partial charge on any atom is 0.306 e. The number of esters is 1. The standard InChI is InChI=1S/C14H18O3/c1-2-3-10-17-14(16)9-8-12-4-6-13(11-15)7-5-12/h4-7,11H,2-3,8-10H2,1H3. The molecule has 0 aliphatic heterocycles. The zero-order valence-electron chi connectivity index (χ0n) is 10.1. The summed E-state index contributed by atoms with van der Waals surface area (Å²) in [6, 6.07) is 7.24. The van der Waals surface area contributed by atoms with E-state index in [-0.39, 0.29) is 5.97 Å². The average molecular weight is 234 g/mol. The SMILES string of the molecule is CCCCOC(=O)CCc1ccc(C=O)cc1. The van der Waals surface area contributed by atoms with Gasteiger partial charge in [0.2, 0.25) is 0 Å². The predicted molar refractivity (Wildman–Crippen MR) is 66.0 cm³/mol. The van der Waals surface area contributed by atoms with Gasteiger partial charge in [-0.3, -0.25) is 9.59 Å². The van der Waals surface area contributed by atoms with Gasteiger partial charge in [0.05, 0.1) is 6.61 Å². The van der Waals surface area contributed by atoms with E-state index < -0.39 is 0 Å². The maximum absolute atomic E-state index is 11.3. The number of rotatable bonds is 7. The van der Waals surface area contributed by atoms with Gasteiger partial charge in [-0.1, -0.05) is 37.6 Å². The number of aldehydes is 1. The second kappa shape index (κ2) is 7.60. The molecule has 0 unspecified atom stereocenters. The Balaban J connectivity index is 2.29. The molecule has 1 aromatic rings. The Hall–Kier alpha value is -1.64. The third-order valence-corrected chi connectivity index (χ3v) is 2.49. The molecule has 92 valence electrons. The van der Waals surface area contributed by atoms with E-state index in [9.17, 15) is 9.59 Å². The van der Waals surface area contributed by atoms with E-state index in [2.05, 4.69) is 6.92 Å². The normalized spacial score (nSPS) is 9.94. The molecule has 1 aromatic carbocycles. The van der Waals surface area contributed by atoms with Crippen LogP contribution in [0.1, 0.15) is 42.1 Å². The van der Waals surface area contributed by atoms with Gasteiger partial charge in [0, 0.05) is 12.0 Å². The zero-order chi connectivity index (χ0) is 12.5. The lowest BCUT2D eigenvalue weighted by molar-refractivity contribution is -0.143. The number of carbonyl (C=O) groups is 2. The van der Waals surface area contributed by atoms with Crippen LogP contribution >= 0.6 is 0 Å². The first-order valence-corrected chi connectivity index (χ1v) is 5.96.